The van der Waals surface area contributed by atoms with Gasteiger partial charge in [-0.1, -0.05) is 0 Å². The third kappa shape index (κ3) is 3.36. The number of amides is 1. The first kappa shape index (κ1) is 11.7. The molecule has 0 atom stereocenters. The van der Waals surface area contributed by atoms with Crippen molar-refractivity contribution in [2.75, 3.05) is 13.1 Å². The summed E-state index contributed by atoms with van der Waals surface area (Å²) in [5, 5.41) is 16.0. The van der Waals surface area contributed by atoms with Gasteiger partial charge in [0, 0.05) is 19.3 Å². The molecule has 0 saturated carbocycles. The van der Waals surface area contributed by atoms with Crippen LogP contribution in [-0.4, -0.2) is 44.8 Å². The Hall–Kier alpha value is -1.36. The molecule has 1 aromatic heterocycles. The average molecular weight is 211 g/mol. The number of aromatic amines is 1. The van der Waals surface area contributed by atoms with Crippen LogP contribution in [0, 0.1) is 0 Å². The van der Waals surface area contributed by atoms with Gasteiger partial charge in [-0.3, -0.25) is 9.89 Å². The van der Waals surface area contributed by atoms with Crippen LogP contribution >= 0.6 is 0 Å². The van der Waals surface area contributed by atoms with E-state index in [2.05, 4.69) is 10.2 Å². The summed E-state index contributed by atoms with van der Waals surface area (Å²) in [5.74, 6) is -0.142. The van der Waals surface area contributed by atoms with Crippen LogP contribution in [-0.2, 0) is 0 Å². The van der Waals surface area contributed by atoms with Crippen molar-refractivity contribution < 1.29 is 9.90 Å². The maximum Gasteiger partial charge on any atom is 0.271 e. The summed E-state index contributed by atoms with van der Waals surface area (Å²) in [5.41, 5.74) is -0.438. The number of carbonyl (C=O) groups excluding carboxylic acids is 1. The minimum Gasteiger partial charge on any atom is -0.389 e. The molecule has 0 bridgehead atoms. The molecule has 0 saturated heterocycles. The SMILES string of the molecule is CCN(CC(C)(C)O)C(=O)c1ccn[nH]1. The largest absolute Gasteiger partial charge is 0.389 e. The molecule has 0 radical (unpaired) electrons. The summed E-state index contributed by atoms with van der Waals surface area (Å²) in [4.78, 5) is 13.4. The Labute approximate surface area is 89.1 Å². The molecule has 1 rings (SSSR count). The Kier molecular flexibility index (Phi) is 3.47. The van der Waals surface area contributed by atoms with Crippen molar-refractivity contribution in [3.05, 3.63) is 18.0 Å². The summed E-state index contributed by atoms with van der Waals surface area (Å²) >= 11 is 0. The minimum atomic E-state index is -0.883. The molecule has 0 aliphatic carbocycles. The monoisotopic (exact) mass is 211 g/mol. The van der Waals surface area contributed by atoms with Gasteiger partial charge in [0.2, 0.25) is 0 Å². The van der Waals surface area contributed by atoms with Gasteiger partial charge < -0.3 is 10.0 Å². The molecule has 5 heteroatoms. The highest BCUT2D eigenvalue weighted by molar-refractivity contribution is 5.92. The maximum absolute atomic E-state index is 11.9. The Morgan fingerprint density at radius 1 is 1.67 bits per heavy atom. The number of carbonyl (C=O) groups is 1. The standard InChI is InChI=1S/C10H17N3O2/c1-4-13(7-10(2,3)15)9(14)8-5-6-11-12-8/h5-6,15H,4,7H2,1-3H3,(H,11,12). The van der Waals surface area contributed by atoms with Crippen molar-refractivity contribution in [2.24, 2.45) is 0 Å². The lowest BCUT2D eigenvalue weighted by Crippen LogP contribution is -2.42. The quantitative estimate of drug-likeness (QED) is 0.768. The molecule has 1 amide bonds. The topological polar surface area (TPSA) is 69.2 Å². The molecule has 5 nitrogen and oxygen atoms in total. The van der Waals surface area contributed by atoms with Gasteiger partial charge in [0.1, 0.15) is 5.69 Å². The number of aromatic nitrogens is 2. The predicted molar refractivity (Wildman–Crippen MR) is 56.5 cm³/mol. The molecule has 15 heavy (non-hydrogen) atoms. The van der Waals surface area contributed by atoms with E-state index in [1.165, 1.54) is 6.20 Å². The average Bonchev–Trinajstić information content (AvgIpc) is 2.64. The molecule has 0 aliphatic heterocycles. The highest BCUT2D eigenvalue weighted by Crippen LogP contribution is 2.08. The third-order valence-corrected chi connectivity index (χ3v) is 1.98. The zero-order valence-electron chi connectivity index (χ0n) is 9.32. The first-order valence-electron chi connectivity index (χ1n) is 4.95. The van der Waals surface area contributed by atoms with E-state index in [4.69, 9.17) is 0 Å². The number of rotatable bonds is 4. The van der Waals surface area contributed by atoms with E-state index in [0.717, 1.165) is 0 Å². The number of nitrogens with one attached hydrogen (secondary N) is 1. The number of hydrogen-bond donors (Lipinski definition) is 2. The summed E-state index contributed by atoms with van der Waals surface area (Å²) in [6.07, 6.45) is 1.53. The molecule has 84 valence electrons. The fraction of sp³-hybridized carbons (Fsp3) is 0.600. The molecule has 0 aliphatic rings. The summed E-state index contributed by atoms with van der Waals surface area (Å²) in [6, 6.07) is 1.62. The van der Waals surface area contributed by atoms with E-state index >= 15 is 0 Å². The van der Waals surface area contributed by atoms with Gasteiger partial charge in [-0.05, 0) is 26.8 Å². The zero-order valence-corrected chi connectivity index (χ0v) is 9.32. The van der Waals surface area contributed by atoms with E-state index in [0.29, 0.717) is 18.8 Å². The first-order valence-corrected chi connectivity index (χ1v) is 4.95. The van der Waals surface area contributed by atoms with Crippen LogP contribution in [0.25, 0.3) is 0 Å². The second-order valence-electron chi connectivity index (χ2n) is 4.10. The fourth-order valence-electron chi connectivity index (χ4n) is 1.34. The first-order chi connectivity index (χ1) is 6.94. The van der Waals surface area contributed by atoms with Crippen LogP contribution < -0.4 is 0 Å². The minimum absolute atomic E-state index is 0.142. The lowest BCUT2D eigenvalue weighted by Gasteiger charge is -2.27. The van der Waals surface area contributed by atoms with E-state index in [1.807, 2.05) is 6.92 Å². The molecule has 0 aromatic carbocycles. The van der Waals surface area contributed by atoms with Crippen molar-refractivity contribution in [1.82, 2.24) is 15.1 Å². The van der Waals surface area contributed by atoms with Crippen LogP contribution in [0.3, 0.4) is 0 Å². The van der Waals surface area contributed by atoms with E-state index < -0.39 is 5.60 Å². The maximum atomic E-state index is 11.9. The Morgan fingerprint density at radius 3 is 2.73 bits per heavy atom. The highest BCUT2D eigenvalue weighted by Gasteiger charge is 2.22. The van der Waals surface area contributed by atoms with Gasteiger partial charge in [0.25, 0.3) is 5.91 Å². The molecular weight excluding hydrogens is 194 g/mol. The zero-order chi connectivity index (χ0) is 11.5. The number of likely N-dealkylation sites (N-methyl/N-ethyl adjacent to an activating group) is 1. The van der Waals surface area contributed by atoms with Gasteiger partial charge >= 0.3 is 0 Å². The Bertz CT molecular complexity index is 314. The van der Waals surface area contributed by atoms with Crippen molar-refractivity contribution in [1.29, 1.82) is 0 Å². The van der Waals surface area contributed by atoms with Gasteiger partial charge in [0.05, 0.1) is 5.60 Å². The van der Waals surface area contributed by atoms with Crippen molar-refractivity contribution in [3.63, 3.8) is 0 Å². The summed E-state index contributed by atoms with van der Waals surface area (Å²) in [7, 11) is 0. The molecule has 2 N–H and O–H groups in total. The van der Waals surface area contributed by atoms with E-state index in [-0.39, 0.29) is 5.91 Å². The van der Waals surface area contributed by atoms with Crippen LogP contribution in [0.1, 0.15) is 31.3 Å². The van der Waals surface area contributed by atoms with Crippen LogP contribution in [0.5, 0.6) is 0 Å². The number of H-pyrrole nitrogens is 1. The van der Waals surface area contributed by atoms with Crippen molar-refractivity contribution in [2.45, 2.75) is 26.4 Å². The molecule has 1 aromatic rings. The fourth-order valence-corrected chi connectivity index (χ4v) is 1.34. The normalized spacial score (nSPS) is 11.5. The molecule has 0 fully saturated rings. The Balaban J connectivity index is 2.72. The van der Waals surface area contributed by atoms with E-state index in [9.17, 15) is 9.90 Å². The van der Waals surface area contributed by atoms with Crippen LogP contribution in [0.2, 0.25) is 0 Å². The molecule has 0 spiro atoms. The van der Waals surface area contributed by atoms with Gasteiger partial charge in [-0.15, -0.1) is 0 Å². The van der Waals surface area contributed by atoms with Crippen molar-refractivity contribution in [3.8, 4) is 0 Å². The van der Waals surface area contributed by atoms with Gasteiger partial charge in [-0.25, -0.2) is 0 Å². The van der Waals surface area contributed by atoms with Gasteiger partial charge in [-0.2, -0.15) is 5.10 Å². The van der Waals surface area contributed by atoms with Gasteiger partial charge in [0.15, 0.2) is 0 Å². The number of nitrogens with zero attached hydrogens (tertiary/aromatic N) is 2. The van der Waals surface area contributed by atoms with Crippen molar-refractivity contribution >= 4 is 5.91 Å². The number of aliphatic hydroxyl groups is 1. The summed E-state index contributed by atoms with van der Waals surface area (Å²) < 4.78 is 0. The molecule has 1 heterocycles. The lowest BCUT2D eigenvalue weighted by atomic mass is 10.1. The second kappa shape index (κ2) is 4.44. The Morgan fingerprint density at radius 2 is 2.33 bits per heavy atom. The van der Waals surface area contributed by atoms with E-state index in [1.54, 1.807) is 24.8 Å². The van der Waals surface area contributed by atoms with Crippen LogP contribution in [0.4, 0.5) is 0 Å². The molecular formula is C10H17N3O2. The number of hydrogen-bond acceptors (Lipinski definition) is 3. The highest BCUT2D eigenvalue weighted by atomic mass is 16.3. The predicted octanol–water partition coefficient (Wildman–Crippen LogP) is 0.643. The smallest absolute Gasteiger partial charge is 0.271 e. The third-order valence-electron chi connectivity index (χ3n) is 1.98. The molecule has 0 unspecified atom stereocenters. The lowest BCUT2D eigenvalue weighted by molar-refractivity contribution is 0.0311. The second-order valence-corrected chi connectivity index (χ2v) is 4.10. The van der Waals surface area contributed by atoms with Crippen LogP contribution in [0.15, 0.2) is 12.3 Å². The summed E-state index contributed by atoms with van der Waals surface area (Å²) in [6.45, 7) is 6.09.